The number of thioether (sulfide) groups is 1. The molecule has 2 saturated heterocycles. The van der Waals surface area contributed by atoms with Crippen molar-refractivity contribution in [3.8, 4) is 0 Å². The highest BCUT2D eigenvalue weighted by Crippen LogP contribution is 2.51. The smallest absolute Gasteiger partial charge is 0.341 e. The van der Waals surface area contributed by atoms with Crippen molar-refractivity contribution in [1.82, 2.24) is 4.90 Å². The van der Waals surface area contributed by atoms with Crippen LogP contribution in [-0.2, 0) is 19.1 Å². The molecular weight excluding hydrogens is 414 g/mol. The first-order valence-corrected chi connectivity index (χ1v) is 12.8. The summed E-state index contributed by atoms with van der Waals surface area (Å²) in [6.07, 6.45) is 9.64. The monoisotopic (exact) mass is 451 g/mol. The number of ether oxygens (including phenoxy) is 1. The second-order valence-corrected chi connectivity index (χ2v) is 11.3. The molecule has 0 aromatic rings. The van der Waals surface area contributed by atoms with Gasteiger partial charge in [0.05, 0.1) is 12.0 Å². The number of nitrogens with zero attached hydrogens (tertiary/aromatic N) is 1. The third-order valence-corrected chi connectivity index (χ3v) is 8.59. The quantitative estimate of drug-likeness (QED) is 0.150. The van der Waals surface area contributed by atoms with Crippen molar-refractivity contribution in [2.24, 2.45) is 11.3 Å². The topological polar surface area (TPSA) is 83.9 Å². The maximum absolute atomic E-state index is 13.4. The van der Waals surface area contributed by atoms with E-state index in [0.29, 0.717) is 6.42 Å². The van der Waals surface area contributed by atoms with Gasteiger partial charge in [0.25, 0.3) is 5.91 Å². The van der Waals surface area contributed by atoms with Crippen molar-refractivity contribution in [1.29, 1.82) is 0 Å². The molecule has 0 aromatic carbocycles. The van der Waals surface area contributed by atoms with E-state index >= 15 is 0 Å². The fourth-order valence-corrected chi connectivity index (χ4v) is 6.85. The van der Waals surface area contributed by atoms with Crippen LogP contribution in [0.2, 0.25) is 0 Å². The Labute approximate surface area is 190 Å². The number of rotatable bonds is 7. The summed E-state index contributed by atoms with van der Waals surface area (Å²) in [5.74, 6) is -1.06. The normalized spacial score (nSPS) is 28.8. The summed E-state index contributed by atoms with van der Waals surface area (Å²) in [5.41, 5.74) is -2.19. The van der Waals surface area contributed by atoms with Gasteiger partial charge in [0.1, 0.15) is 11.3 Å². The van der Waals surface area contributed by atoms with Crippen LogP contribution in [-0.4, -0.2) is 50.9 Å². The van der Waals surface area contributed by atoms with E-state index in [9.17, 15) is 19.5 Å². The lowest BCUT2D eigenvalue weighted by molar-refractivity contribution is -0.161. The van der Waals surface area contributed by atoms with Gasteiger partial charge in [-0.25, -0.2) is 4.79 Å². The molecule has 0 radical (unpaired) electrons. The van der Waals surface area contributed by atoms with Crippen molar-refractivity contribution < 1.29 is 24.2 Å². The number of hydrogen-bond donors (Lipinski definition) is 1. The molecule has 0 aromatic heterocycles. The minimum Gasteiger partial charge on any atom is -0.511 e. The van der Waals surface area contributed by atoms with Crippen molar-refractivity contribution in [2.45, 2.75) is 96.4 Å². The molecule has 0 bridgehead atoms. The van der Waals surface area contributed by atoms with Gasteiger partial charge in [0.2, 0.25) is 11.3 Å². The average molecular weight is 452 g/mol. The molecule has 31 heavy (non-hydrogen) atoms. The number of carbonyl (C=O) groups is 3. The molecule has 174 valence electrons. The molecule has 3 rings (SSSR count). The number of ketones is 1. The zero-order valence-electron chi connectivity index (χ0n) is 19.4. The lowest BCUT2D eigenvalue weighted by Gasteiger charge is -2.36. The Kier molecular flexibility index (Phi) is 7.44. The standard InChI is InChI=1S/C24H37NO5S/c1-5-30-22(29)24-15-31-21(23(2,3)4)25(24)20(28)18(19(24)27)17(26)14-10-9-13-16-11-7-6-8-12-16/h16,21,26H,5-15H2,1-4H3/b18-17-/t21-,24-/m1/s1. The lowest BCUT2D eigenvalue weighted by atomic mass is 9.85. The summed E-state index contributed by atoms with van der Waals surface area (Å²) in [5, 5.41) is 10.4. The Morgan fingerprint density at radius 2 is 1.87 bits per heavy atom. The van der Waals surface area contributed by atoms with Crippen LogP contribution < -0.4 is 0 Å². The molecule has 1 saturated carbocycles. The molecular formula is C24H37NO5S. The summed E-state index contributed by atoms with van der Waals surface area (Å²) in [6, 6.07) is 0. The summed E-state index contributed by atoms with van der Waals surface area (Å²) in [4.78, 5) is 41.1. The molecule has 2 heterocycles. The van der Waals surface area contributed by atoms with Crippen LogP contribution in [0.25, 0.3) is 0 Å². The number of Topliss-reactive ketones (excluding diaryl/α,β-unsaturated/α-hetero) is 1. The van der Waals surface area contributed by atoms with E-state index in [1.165, 1.54) is 48.8 Å². The van der Waals surface area contributed by atoms with Crippen LogP contribution in [0.4, 0.5) is 0 Å². The zero-order valence-corrected chi connectivity index (χ0v) is 20.2. The number of unbranched alkanes of at least 4 members (excludes halogenated alkanes) is 1. The number of fused-ring (bicyclic) bond motifs is 1. The van der Waals surface area contributed by atoms with Crippen LogP contribution in [0.15, 0.2) is 11.3 Å². The average Bonchev–Trinajstić information content (AvgIpc) is 3.22. The minimum atomic E-state index is -1.65. The van der Waals surface area contributed by atoms with Gasteiger partial charge in [0, 0.05) is 12.2 Å². The number of aliphatic hydroxyl groups is 1. The fourth-order valence-electron chi connectivity index (χ4n) is 5.14. The lowest BCUT2D eigenvalue weighted by Crippen LogP contribution is -2.58. The molecule has 0 unspecified atom stereocenters. The number of aliphatic hydroxyl groups excluding tert-OH is 1. The van der Waals surface area contributed by atoms with Crippen molar-refractivity contribution in [3.63, 3.8) is 0 Å². The van der Waals surface area contributed by atoms with E-state index in [2.05, 4.69) is 0 Å². The largest absolute Gasteiger partial charge is 0.511 e. The van der Waals surface area contributed by atoms with E-state index in [1.54, 1.807) is 6.92 Å². The van der Waals surface area contributed by atoms with Crippen LogP contribution >= 0.6 is 11.8 Å². The van der Waals surface area contributed by atoms with Gasteiger partial charge in [-0.15, -0.1) is 11.8 Å². The van der Waals surface area contributed by atoms with Gasteiger partial charge in [-0.3, -0.25) is 9.59 Å². The number of amides is 1. The van der Waals surface area contributed by atoms with E-state index in [-0.39, 0.29) is 34.5 Å². The molecule has 6 nitrogen and oxygen atoms in total. The highest BCUT2D eigenvalue weighted by molar-refractivity contribution is 8.00. The summed E-state index contributed by atoms with van der Waals surface area (Å²) in [6.45, 7) is 7.76. The minimum absolute atomic E-state index is 0.132. The van der Waals surface area contributed by atoms with Crippen LogP contribution in [0.5, 0.6) is 0 Å². The number of allylic oxidation sites excluding steroid dienone is 1. The van der Waals surface area contributed by atoms with Crippen LogP contribution in [0.3, 0.4) is 0 Å². The third-order valence-electron chi connectivity index (χ3n) is 6.77. The molecule has 7 heteroatoms. The predicted octanol–water partition coefficient (Wildman–Crippen LogP) is 4.77. The van der Waals surface area contributed by atoms with Crippen molar-refractivity contribution in [3.05, 3.63) is 11.3 Å². The second kappa shape index (κ2) is 9.55. The number of hydrogen-bond acceptors (Lipinski definition) is 6. The van der Waals surface area contributed by atoms with Crippen LogP contribution in [0.1, 0.15) is 85.5 Å². The Bertz CT molecular complexity index is 750. The fraction of sp³-hybridized carbons (Fsp3) is 0.792. The molecule has 2 aliphatic heterocycles. The van der Waals surface area contributed by atoms with Gasteiger partial charge in [-0.05, 0) is 24.7 Å². The maximum atomic E-state index is 13.4. The first-order chi connectivity index (χ1) is 14.6. The Morgan fingerprint density at radius 1 is 1.19 bits per heavy atom. The van der Waals surface area contributed by atoms with E-state index < -0.39 is 23.2 Å². The summed E-state index contributed by atoms with van der Waals surface area (Å²) >= 11 is 1.43. The number of carbonyl (C=O) groups excluding carboxylic acids is 3. The first kappa shape index (κ1) is 24.1. The molecule has 3 fully saturated rings. The summed E-state index contributed by atoms with van der Waals surface area (Å²) < 4.78 is 5.23. The second-order valence-electron chi connectivity index (χ2n) is 10.2. The van der Waals surface area contributed by atoms with E-state index in [0.717, 1.165) is 25.2 Å². The van der Waals surface area contributed by atoms with Crippen LogP contribution in [0, 0.1) is 11.3 Å². The zero-order chi connectivity index (χ0) is 22.8. The predicted molar refractivity (Wildman–Crippen MR) is 122 cm³/mol. The Hall–Kier alpha value is -1.50. The molecule has 2 atom stereocenters. The molecule has 0 spiro atoms. The molecule has 1 amide bonds. The highest BCUT2D eigenvalue weighted by atomic mass is 32.2. The first-order valence-electron chi connectivity index (χ1n) is 11.7. The van der Waals surface area contributed by atoms with E-state index in [4.69, 9.17) is 4.74 Å². The maximum Gasteiger partial charge on any atom is 0.341 e. The van der Waals surface area contributed by atoms with Gasteiger partial charge in [-0.2, -0.15) is 0 Å². The summed E-state index contributed by atoms with van der Waals surface area (Å²) in [7, 11) is 0. The number of esters is 1. The Morgan fingerprint density at radius 3 is 2.48 bits per heavy atom. The van der Waals surface area contributed by atoms with Crippen molar-refractivity contribution >= 4 is 29.4 Å². The third kappa shape index (κ3) is 4.53. The molecule has 3 aliphatic rings. The molecule has 1 aliphatic carbocycles. The SMILES string of the molecule is CCOC(=O)[C@]12CS[C@H](C(C)(C)C)N1C(=O)/C(=C(\O)CCCCC1CCCCC1)C2=O. The van der Waals surface area contributed by atoms with Gasteiger partial charge >= 0.3 is 5.97 Å². The molecule has 1 N–H and O–H groups in total. The highest BCUT2D eigenvalue weighted by Gasteiger charge is 2.69. The Balaban J connectivity index is 1.78. The van der Waals surface area contributed by atoms with Gasteiger partial charge < -0.3 is 14.7 Å². The van der Waals surface area contributed by atoms with Gasteiger partial charge in [-0.1, -0.05) is 65.7 Å². The van der Waals surface area contributed by atoms with Crippen molar-refractivity contribution in [2.75, 3.05) is 12.4 Å². The van der Waals surface area contributed by atoms with Gasteiger partial charge in [0.15, 0.2) is 0 Å². The van der Waals surface area contributed by atoms with E-state index in [1.807, 2.05) is 20.8 Å².